The molecule has 0 atom stereocenters. The van der Waals surface area contributed by atoms with Crippen molar-refractivity contribution in [2.75, 3.05) is 26.7 Å². The highest BCUT2D eigenvalue weighted by atomic mass is 16.6. The van der Waals surface area contributed by atoms with Crippen molar-refractivity contribution >= 4 is 11.7 Å². The molecule has 0 bridgehead atoms. The summed E-state index contributed by atoms with van der Waals surface area (Å²) in [6.45, 7) is 6.56. The Kier molecular flexibility index (Phi) is 6.31. The fraction of sp³-hybridized carbons (Fsp3) is 0.471. The highest BCUT2D eigenvalue weighted by Crippen LogP contribution is 2.16. The van der Waals surface area contributed by atoms with Crippen molar-refractivity contribution in [3.8, 4) is 0 Å². The fourth-order valence-electron chi connectivity index (χ4n) is 2.86. The van der Waals surface area contributed by atoms with Gasteiger partial charge in [0.25, 0.3) is 5.69 Å². The van der Waals surface area contributed by atoms with Crippen molar-refractivity contribution in [1.29, 1.82) is 0 Å². The fourth-order valence-corrected chi connectivity index (χ4v) is 2.86. The van der Waals surface area contributed by atoms with Crippen LogP contribution in [0.25, 0.3) is 0 Å². The van der Waals surface area contributed by atoms with Crippen molar-refractivity contribution in [3.05, 3.63) is 52.6 Å². The van der Waals surface area contributed by atoms with E-state index in [1.165, 1.54) is 12.1 Å². The van der Waals surface area contributed by atoms with E-state index in [0.29, 0.717) is 13.1 Å². The zero-order valence-corrected chi connectivity index (χ0v) is 14.0. The molecule has 24 heavy (non-hydrogen) atoms. The summed E-state index contributed by atoms with van der Waals surface area (Å²) in [4.78, 5) is 26.8. The Morgan fingerprint density at radius 2 is 2.04 bits per heavy atom. The molecule has 1 saturated heterocycles. The first-order valence-electron chi connectivity index (χ1n) is 8.08. The molecule has 130 valence electrons. The van der Waals surface area contributed by atoms with Crippen LogP contribution in [0.2, 0.25) is 0 Å². The average molecular weight is 332 g/mol. The Labute approximate surface area is 142 Å². The second kappa shape index (κ2) is 8.44. The number of nitrogens with zero attached hydrogens (tertiary/aromatic N) is 3. The third-order valence-electron chi connectivity index (χ3n) is 4.31. The van der Waals surface area contributed by atoms with Gasteiger partial charge < -0.3 is 15.1 Å². The number of urea groups is 1. The van der Waals surface area contributed by atoms with Gasteiger partial charge in [-0.2, -0.15) is 0 Å². The Morgan fingerprint density at radius 1 is 1.42 bits per heavy atom. The third-order valence-corrected chi connectivity index (χ3v) is 4.31. The molecular formula is C17H24N4O3. The predicted octanol–water partition coefficient (Wildman–Crippen LogP) is 2.39. The maximum atomic E-state index is 12.5. The number of carbonyl (C=O) groups is 1. The summed E-state index contributed by atoms with van der Waals surface area (Å²) in [5, 5.41) is 13.6. The van der Waals surface area contributed by atoms with Crippen LogP contribution in [0, 0.1) is 10.1 Å². The van der Waals surface area contributed by atoms with E-state index in [-0.39, 0.29) is 17.8 Å². The number of hydrogen-bond acceptors (Lipinski definition) is 4. The van der Waals surface area contributed by atoms with Gasteiger partial charge in [-0.05, 0) is 38.5 Å². The molecule has 7 heteroatoms. The molecule has 2 rings (SSSR count). The molecule has 7 nitrogen and oxygen atoms in total. The van der Waals surface area contributed by atoms with Crippen molar-refractivity contribution in [2.45, 2.75) is 25.4 Å². The van der Waals surface area contributed by atoms with Crippen LogP contribution < -0.4 is 5.32 Å². The molecule has 1 aliphatic rings. The SMILES string of the molecule is C=CCN(C(=O)NCc1ccc([N+](=O)[O-])cc1)C1CCN(C)CC1. The van der Waals surface area contributed by atoms with Crippen molar-refractivity contribution < 1.29 is 9.72 Å². The standard InChI is InChI=1S/C17H24N4O3/c1-3-10-20(15-8-11-19(2)12-9-15)17(22)18-13-14-4-6-16(7-5-14)21(23)24/h3-7,15H,1,8-13H2,2H3,(H,18,22). The van der Waals surface area contributed by atoms with Gasteiger partial charge in [-0.15, -0.1) is 6.58 Å². The van der Waals surface area contributed by atoms with Crippen LogP contribution >= 0.6 is 0 Å². The molecule has 0 radical (unpaired) electrons. The van der Waals surface area contributed by atoms with Crippen LogP contribution in [0.15, 0.2) is 36.9 Å². The van der Waals surface area contributed by atoms with Crippen molar-refractivity contribution in [1.82, 2.24) is 15.1 Å². The number of non-ortho nitro benzene ring substituents is 1. The molecule has 1 fully saturated rings. The van der Waals surface area contributed by atoms with Gasteiger partial charge in [-0.1, -0.05) is 18.2 Å². The number of amides is 2. The minimum absolute atomic E-state index is 0.0460. The van der Waals surface area contributed by atoms with E-state index < -0.39 is 4.92 Å². The maximum Gasteiger partial charge on any atom is 0.318 e. The van der Waals surface area contributed by atoms with E-state index in [1.807, 2.05) is 4.90 Å². The molecule has 1 heterocycles. The minimum atomic E-state index is -0.436. The zero-order chi connectivity index (χ0) is 17.5. The molecule has 0 aliphatic carbocycles. The second-order valence-corrected chi connectivity index (χ2v) is 6.06. The van der Waals surface area contributed by atoms with Crippen LogP contribution in [0.4, 0.5) is 10.5 Å². The van der Waals surface area contributed by atoms with E-state index in [2.05, 4.69) is 23.8 Å². The molecule has 1 aliphatic heterocycles. The molecule has 0 saturated carbocycles. The maximum absolute atomic E-state index is 12.5. The predicted molar refractivity (Wildman–Crippen MR) is 92.8 cm³/mol. The first kappa shape index (κ1) is 17.9. The van der Waals surface area contributed by atoms with E-state index in [0.717, 1.165) is 31.5 Å². The van der Waals surface area contributed by atoms with E-state index in [4.69, 9.17) is 0 Å². The van der Waals surface area contributed by atoms with Gasteiger partial charge in [-0.3, -0.25) is 10.1 Å². The topological polar surface area (TPSA) is 78.7 Å². The summed E-state index contributed by atoms with van der Waals surface area (Å²) in [5.74, 6) is 0. The number of nitro benzene ring substituents is 1. The average Bonchev–Trinajstić information content (AvgIpc) is 2.59. The number of likely N-dealkylation sites (tertiary alicyclic amines) is 1. The summed E-state index contributed by atoms with van der Waals surface area (Å²) in [7, 11) is 2.09. The van der Waals surface area contributed by atoms with Gasteiger partial charge in [0.2, 0.25) is 0 Å². The summed E-state index contributed by atoms with van der Waals surface area (Å²) in [6, 6.07) is 6.30. The van der Waals surface area contributed by atoms with Crippen molar-refractivity contribution in [3.63, 3.8) is 0 Å². The molecule has 2 amide bonds. The van der Waals surface area contributed by atoms with Gasteiger partial charge in [0, 0.05) is 31.3 Å². The molecular weight excluding hydrogens is 308 g/mol. The van der Waals surface area contributed by atoms with Crippen LogP contribution in [0.5, 0.6) is 0 Å². The summed E-state index contributed by atoms with van der Waals surface area (Å²) >= 11 is 0. The Bertz CT molecular complexity index is 580. The molecule has 1 aromatic carbocycles. The van der Waals surface area contributed by atoms with Gasteiger partial charge in [0.1, 0.15) is 0 Å². The van der Waals surface area contributed by atoms with Crippen molar-refractivity contribution in [2.24, 2.45) is 0 Å². The highest BCUT2D eigenvalue weighted by Gasteiger charge is 2.25. The molecule has 1 N–H and O–H groups in total. The monoisotopic (exact) mass is 332 g/mol. The molecule has 0 spiro atoms. The highest BCUT2D eigenvalue weighted by molar-refractivity contribution is 5.74. The summed E-state index contributed by atoms with van der Waals surface area (Å²) in [6.07, 6.45) is 3.65. The summed E-state index contributed by atoms with van der Waals surface area (Å²) < 4.78 is 0. The zero-order valence-electron chi connectivity index (χ0n) is 14.0. The number of rotatable bonds is 6. The largest absolute Gasteiger partial charge is 0.334 e. The van der Waals surface area contributed by atoms with Crippen LogP contribution in [-0.4, -0.2) is 53.5 Å². The Balaban J connectivity index is 1.92. The lowest BCUT2D eigenvalue weighted by Gasteiger charge is -2.36. The summed E-state index contributed by atoms with van der Waals surface area (Å²) in [5.41, 5.74) is 0.876. The first-order valence-corrected chi connectivity index (χ1v) is 8.08. The van der Waals surface area contributed by atoms with Crippen LogP contribution in [-0.2, 0) is 6.54 Å². The molecule has 0 unspecified atom stereocenters. The Hall–Kier alpha value is -2.41. The number of nitrogens with one attached hydrogen (secondary N) is 1. The molecule has 1 aromatic rings. The van der Waals surface area contributed by atoms with Crippen LogP contribution in [0.1, 0.15) is 18.4 Å². The lowest BCUT2D eigenvalue weighted by Crippen LogP contribution is -2.50. The third kappa shape index (κ3) is 4.79. The van der Waals surface area contributed by atoms with Gasteiger partial charge in [0.15, 0.2) is 0 Å². The van der Waals surface area contributed by atoms with Gasteiger partial charge in [0.05, 0.1) is 4.92 Å². The Morgan fingerprint density at radius 3 is 2.58 bits per heavy atom. The smallest absolute Gasteiger partial charge is 0.318 e. The number of piperidine rings is 1. The number of nitro groups is 1. The van der Waals surface area contributed by atoms with Crippen LogP contribution in [0.3, 0.4) is 0 Å². The first-order chi connectivity index (χ1) is 11.5. The number of benzene rings is 1. The molecule has 0 aromatic heterocycles. The van der Waals surface area contributed by atoms with E-state index >= 15 is 0 Å². The van der Waals surface area contributed by atoms with E-state index in [1.54, 1.807) is 18.2 Å². The quantitative estimate of drug-likeness (QED) is 0.493. The lowest BCUT2D eigenvalue weighted by atomic mass is 10.0. The lowest BCUT2D eigenvalue weighted by molar-refractivity contribution is -0.384. The number of hydrogen-bond donors (Lipinski definition) is 1. The normalized spacial score (nSPS) is 15.7. The van der Waals surface area contributed by atoms with E-state index in [9.17, 15) is 14.9 Å². The number of carbonyl (C=O) groups excluding carboxylic acids is 1. The van der Waals surface area contributed by atoms with Gasteiger partial charge >= 0.3 is 6.03 Å². The minimum Gasteiger partial charge on any atom is -0.334 e. The van der Waals surface area contributed by atoms with Gasteiger partial charge in [-0.25, -0.2) is 4.79 Å². The second-order valence-electron chi connectivity index (χ2n) is 6.06.